The molecule has 1 N–H and O–H groups in total. The van der Waals surface area contributed by atoms with Gasteiger partial charge in [-0.15, -0.1) is 0 Å². The maximum absolute atomic E-state index is 11.9. The first-order valence-electron chi connectivity index (χ1n) is 5.62. The average Bonchev–Trinajstić information content (AvgIpc) is 2.92. The maximum atomic E-state index is 11.9. The van der Waals surface area contributed by atoms with Crippen molar-refractivity contribution in [3.05, 3.63) is 51.8 Å². The lowest BCUT2D eigenvalue weighted by atomic mass is 10.2. The number of nitrogens with one attached hydrogen (secondary N) is 1. The second-order valence-corrected chi connectivity index (χ2v) is 4.20. The van der Waals surface area contributed by atoms with Crippen LogP contribution in [0.4, 0.5) is 5.69 Å². The van der Waals surface area contributed by atoms with Crippen molar-refractivity contribution in [2.45, 2.75) is 6.54 Å². The van der Waals surface area contributed by atoms with Gasteiger partial charge in [-0.2, -0.15) is 0 Å². The van der Waals surface area contributed by atoms with Crippen LogP contribution in [0.5, 0.6) is 0 Å². The molecule has 2 aromatic heterocycles. The van der Waals surface area contributed by atoms with Gasteiger partial charge in [0, 0.05) is 31.5 Å². The van der Waals surface area contributed by atoms with Crippen LogP contribution in [0.15, 0.2) is 31.0 Å². The number of amides is 1. The molecule has 0 atom stereocenters. The number of pyridine rings is 1. The Labute approximate surface area is 118 Å². The average molecular weight is 296 g/mol. The summed E-state index contributed by atoms with van der Waals surface area (Å²) < 4.78 is 1.79. The van der Waals surface area contributed by atoms with E-state index in [2.05, 4.69) is 15.3 Å². The third-order valence-corrected chi connectivity index (χ3v) is 2.80. The van der Waals surface area contributed by atoms with Crippen molar-refractivity contribution in [3.63, 3.8) is 0 Å². The number of carbonyl (C=O) groups is 1. The Morgan fingerprint density at radius 2 is 2.35 bits per heavy atom. The highest BCUT2D eigenvalue weighted by Crippen LogP contribution is 2.18. The van der Waals surface area contributed by atoms with E-state index >= 15 is 0 Å². The highest BCUT2D eigenvalue weighted by Gasteiger charge is 2.16. The molecule has 0 aliphatic rings. The van der Waals surface area contributed by atoms with Gasteiger partial charge in [-0.1, -0.05) is 11.6 Å². The predicted molar refractivity (Wildman–Crippen MR) is 70.5 cm³/mol. The van der Waals surface area contributed by atoms with E-state index in [0.29, 0.717) is 13.1 Å². The number of nitro groups is 1. The number of hydrogen-bond donors (Lipinski definition) is 1. The normalized spacial score (nSPS) is 10.2. The van der Waals surface area contributed by atoms with Crippen LogP contribution in [0.25, 0.3) is 0 Å². The molecule has 2 rings (SSSR count). The van der Waals surface area contributed by atoms with Crippen LogP contribution in [0.2, 0.25) is 5.15 Å². The monoisotopic (exact) mass is 295 g/mol. The van der Waals surface area contributed by atoms with Crippen LogP contribution >= 0.6 is 11.6 Å². The Balaban J connectivity index is 2.01. The van der Waals surface area contributed by atoms with E-state index in [1.54, 1.807) is 23.3 Å². The Hall–Kier alpha value is -2.48. The molecule has 0 aliphatic heterocycles. The second kappa shape index (κ2) is 6.11. The summed E-state index contributed by atoms with van der Waals surface area (Å²) in [6.45, 7) is 0.875. The Bertz CT molecular complexity index is 629. The van der Waals surface area contributed by atoms with E-state index in [4.69, 9.17) is 11.6 Å². The van der Waals surface area contributed by atoms with Crippen LogP contribution in [-0.4, -0.2) is 31.9 Å². The number of carbonyl (C=O) groups excluding carboxylic acids is 1. The molecular formula is C11H10ClN5O3. The topological polar surface area (TPSA) is 103 Å². The van der Waals surface area contributed by atoms with Gasteiger partial charge in [0.1, 0.15) is 11.3 Å². The fraction of sp³-hybridized carbons (Fsp3) is 0.182. The Morgan fingerprint density at radius 1 is 1.55 bits per heavy atom. The molecule has 0 aliphatic carbocycles. The minimum Gasteiger partial charge on any atom is -0.350 e. The fourth-order valence-corrected chi connectivity index (χ4v) is 1.70. The predicted octanol–water partition coefficient (Wildman–Crippen LogP) is 1.27. The first-order chi connectivity index (χ1) is 9.58. The highest BCUT2D eigenvalue weighted by atomic mass is 35.5. The van der Waals surface area contributed by atoms with Crippen LogP contribution in [0.3, 0.4) is 0 Å². The van der Waals surface area contributed by atoms with E-state index in [-0.39, 0.29) is 16.4 Å². The number of aromatic nitrogens is 3. The first kappa shape index (κ1) is 13.9. The van der Waals surface area contributed by atoms with Gasteiger partial charge in [-0.3, -0.25) is 14.9 Å². The first-order valence-corrected chi connectivity index (χ1v) is 5.99. The van der Waals surface area contributed by atoms with Crippen molar-refractivity contribution in [2.75, 3.05) is 6.54 Å². The summed E-state index contributed by atoms with van der Waals surface area (Å²) in [6.07, 6.45) is 6.01. The number of nitrogens with zero attached hydrogens (tertiary/aromatic N) is 4. The van der Waals surface area contributed by atoms with Gasteiger partial charge >= 0.3 is 0 Å². The molecule has 0 saturated carbocycles. The molecule has 0 unspecified atom stereocenters. The van der Waals surface area contributed by atoms with E-state index < -0.39 is 10.8 Å². The fourth-order valence-electron chi connectivity index (χ4n) is 1.51. The van der Waals surface area contributed by atoms with E-state index in [1.807, 2.05) is 0 Å². The van der Waals surface area contributed by atoms with Crippen LogP contribution in [-0.2, 0) is 6.54 Å². The molecular weight excluding hydrogens is 286 g/mol. The van der Waals surface area contributed by atoms with Gasteiger partial charge in [0.05, 0.1) is 16.8 Å². The molecule has 1 amide bonds. The molecule has 0 spiro atoms. The molecule has 9 heteroatoms. The standard InChI is InChI=1S/C11H10ClN5O3/c12-10-9(5-8(6-15-10)17(19)20)11(18)14-2-4-16-3-1-13-7-16/h1,3,5-7H,2,4H2,(H,14,18). The third kappa shape index (κ3) is 3.29. The molecule has 0 aromatic carbocycles. The second-order valence-electron chi connectivity index (χ2n) is 3.85. The zero-order chi connectivity index (χ0) is 14.5. The van der Waals surface area contributed by atoms with Crippen molar-refractivity contribution in [1.82, 2.24) is 19.9 Å². The smallest absolute Gasteiger partial charge is 0.288 e. The molecule has 2 heterocycles. The largest absolute Gasteiger partial charge is 0.350 e. The van der Waals surface area contributed by atoms with Gasteiger partial charge in [-0.25, -0.2) is 9.97 Å². The number of imidazole rings is 1. The van der Waals surface area contributed by atoms with Gasteiger partial charge in [-0.05, 0) is 0 Å². The van der Waals surface area contributed by atoms with Crippen molar-refractivity contribution in [3.8, 4) is 0 Å². The lowest BCUT2D eigenvalue weighted by molar-refractivity contribution is -0.385. The van der Waals surface area contributed by atoms with Gasteiger partial charge < -0.3 is 9.88 Å². The highest BCUT2D eigenvalue weighted by molar-refractivity contribution is 6.32. The molecule has 0 saturated heterocycles. The molecule has 104 valence electrons. The van der Waals surface area contributed by atoms with Crippen molar-refractivity contribution in [2.24, 2.45) is 0 Å². The summed E-state index contributed by atoms with van der Waals surface area (Å²) >= 11 is 5.76. The zero-order valence-electron chi connectivity index (χ0n) is 10.2. The Kier molecular flexibility index (Phi) is 4.26. The van der Waals surface area contributed by atoms with E-state index in [9.17, 15) is 14.9 Å². The summed E-state index contributed by atoms with van der Waals surface area (Å²) in [4.78, 5) is 29.4. The molecule has 20 heavy (non-hydrogen) atoms. The summed E-state index contributed by atoms with van der Waals surface area (Å²) in [5.41, 5.74) is -0.305. The molecule has 0 radical (unpaired) electrons. The number of halogens is 1. The van der Waals surface area contributed by atoms with Crippen LogP contribution < -0.4 is 5.32 Å². The quantitative estimate of drug-likeness (QED) is 0.508. The van der Waals surface area contributed by atoms with E-state index in [0.717, 1.165) is 12.3 Å². The number of hydrogen-bond acceptors (Lipinski definition) is 5. The SMILES string of the molecule is O=C(NCCn1ccnc1)c1cc([N+](=O)[O-])cnc1Cl. The number of rotatable bonds is 5. The third-order valence-electron chi connectivity index (χ3n) is 2.49. The van der Waals surface area contributed by atoms with Crippen molar-refractivity contribution < 1.29 is 9.72 Å². The molecule has 0 fully saturated rings. The Morgan fingerprint density at radius 3 is 3.00 bits per heavy atom. The van der Waals surface area contributed by atoms with Crippen LogP contribution in [0, 0.1) is 10.1 Å². The minimum absolute atomic E-state index is 0.0218. The minimum atomic E-state index is -0.633. The zero-order valence-corrected chi connectivity index (χ0v) is 10.9. The lowest BCUT2D eigenvalue weighted by Gasteiger charge is -2.06. The van der Waals surface area contributed by atoms with Gasteiger partial charge in [0.25, 0.3) is 11.6 Å². The summed E-state index contributed by atoms with van der Waals surface area (Å²) in [5.74, 6) is -0.508. The lowest BCUT2D eigenvalue weighted by Crippen LogP contribution is -2.27. The summed E-state index contributed by atoms with van der Waals surface area (Å²) in [7, 11) is 0. The van der Waals surface area contributed by atoms with Crippen LogP contribution in [0.1, 0.15) is 10.4 Å². The molecule has 0 bridgehead atoms. The van der Waals surface area contributed by atoms with Crippen molar-refractivity contribution in [1.29, 1.82) is 0 Å². The molecule has 2 aromatic rings. The molecule has 8 nitrogen and oxygen atoms in total. The van der Waals surface area contributed by atoms with Gasteiger partial charge in [0.2, 0.25) is 0 Å². The van der Waals surface area contributed by atoms with Gasteiger partial charge in [0.15, 0.2) is 0 Å². The van der Waals surface area contributed by atoms with Crippen molar-refractivity contribution >= 4 is 23.2 Å². The maximum Gasteiger partial charge on any atom is 0.288 e. The van der Waals surface area contributed by atoms with E-state index in [1.165, 1.54) is 0 Å². The summed E-state index contributed by atoms with van der Waals surface area (Å²) in [6, 6.07) is 1.10. The summed E-state index contributed by atoms with van der Waals surface area (Å²) in [5, 5.41) is 13.2.